The molecule has 3 nitrogen and oxygen atoms in total. The van der Waals surface area contributed by atoms with E-state index >= 15 is 0 Å². The summed E-state index contributed by atoms with van der Waals surface area (Å²) in [5, 5.41) is 0. The van der Waals surface area contributed by atoms with E-state index in [1.54, 1.807) is 0 Å². The number of unbranched alkanes of at least 4 members (excludes halogenated alkanes) is 1. The van der Waals surface area contributed by atoms with Gasteiger partial charge in [-0.3, -0.25) is 0 Å². The van der Waals surface area contributed by atoms with Gasteiger partial charge in [-0.1, -0.05) is 95.1 Å². The number of hydrogen-bond donors (Lipinski definition) is 0. The highest BCUT2D eigenvalue weighted by atomic mass is 31.2. The summed E-state index contributed by atoms with van der Waals surface area (Å²) in [5.41, 5.74) is 5.38. The summed E-state index contributed by atoms with van der Waals surface area (Å²) >= 11 is 0. The van der Waals surface area contributed by atoms with E-state index in [4.69, 9.17) is 13.6 Å². The van der Waals surface area contributed by atoms with Gasteiger partial charge in [-0.25, -0.2) is 0 Å². The molecule has 1 aliphatic rings. The van der Waals surface area contributed by atoms with Crippen LogP contribution in [0, 0.1) is 5.92 Å². The average Bonchev–Trinajstić information content (AvgIpc) is 2.64. The normalized spacial score (nSPS) is 20.7. The maximum absolute atomic E-state index is 6.65. The molecular weight excluding hydrogens is 403 g/mol. The smallest absolute Gasteiger partial charge is 0.397 e. The van der Waals surface area contributed by atoms with Gasteiger partial charge in [0.25, 0.3) is 0 Å². The minimum atomic E-state index is -1.37. The quantitative estimate of drug-likeness (QED) is 0.406. The molecule has 1 heterocycles. The first-order chi connectivity index (χ1) is 14.2. The minimum absolute atomic E-state index is 0.0449. The van der Waals surface area contributed by atoms with Gasteiger partial charge in [0.2, 0.25) is 0 Å². The molecule has 0 atom stereocenters. The molecule has 1 fully saturated rings. The van der Waals surface area contributed by atoms with Crippen molar-refractivity contribution in [3.63, 3.8) is 0 Å². The summed E-state index contributed by atoms with van der Waals surface area (Å²) in [6, 6.07) is 2.40. The first-order valence-electron chi connectivity index (χ1n) is 12.1. The Morgan fingerprint density at radius 3 is 1.84 bits per heavy atom. The van der Waals surface area contributed by atoms with Gasteiger partial charge in [0.15, 0.2) is 0 Å². The molecule has 0 aromatic heterocycles. The van der Waals surface area contributed by atoms with Gasteiger partial charge in [0, 0.05) is 17.0 Å². The third kappa shape index (κ3) is 6.68. The zero-order valence-electron chi connectivity index (χ0n) is 22.1. The van der Waals surface area contributed by atoms with Gasteiger partial charge >= 0.3 is 8.60 Å². The van der Waals surface area contributed by atoms with E-state index in [-0.39, 0.29) is 16.2 Å². The van der Waals surface area contributed by atoms with Crippen molar-refractivity contribution in [2.45, 2.75) is 118 Å². The fourth-order valence-electron chi connectivity index (χ4n) is 4.39. The monoisotopic (exact) mass is 450 g/mol. The van der Waals surface area contributed by atoms with Crippen LogP contribution in [0.15, 0.2) is 6.07 Å². The summed E-state index contributed by atoms with van der Waals surface area (Å²) in [6.45, 7) is 26.6. The second kappa shape index (κ2) is 10.1. The molecule has 0 amide bonds. The first kappa shape index (κ1) is 26.6. The predicted molar refractivity (Wildman–Crippen MR) is 134 cm³/mol. The van der Waals surface area contributed by atoms with Gasteiger partial charge < -0.3 is 13.6 Å². The lowest BCUT2D eigenvalue weighted by molar-refractivity contribution is 0.0879. The second-order valence-corrected chi connectivity index (χ2v) is 13.3. The summed E-state index contributed by atoms with van der Waals surface area (Å²) in [4.78, 5) is 0. The standard InChI is InChI=1S/C27H47O3P/c1-12-14-15-19-17-28-31(29-18-19)30-24-22(26(6,7)8)16-21(25(3,4)5)20(13-2)23(24)27(9,10)11/h16,19H,12-15,17-18H2,1-11H3. The van der Waals surface area contributed by atoms with Gasteiger partial charge in [0.1, 0.15) is 5.75 Å². The molecule has 178 valence electrons. The average molecular weight is 451 g/mol. The molecule has 0 aliphatic carbocycles. The lowest BCUT2D eigenvalue weighted by atomic mass is 9.71. The van der Waals surface area contributed by atoms with Gasteiger partial charge in [-0.05, 0) is 40.2 Å². The fraction of sp³-hybridized carbons (Fsp3) is 0.778. The molecule has 2 rings (SSSR count). The van der Waals surface area contributed by atoms with Crippen molar-refractivity contribution >= 4 is 8.60 Å². The summed E-state index contributed by atoms with van der Waals surface area (Å²) in [6.07, 6.45) is 4.59. The lowest BCUT2D eigenvalue weighted by Gasteiger charge is -2.37. The van der Waals surface area contributed by atoms with Crippen molar-refractivity contribution in [2.24, 2.45) is 5.92 Å². The second-order valence-electron chi connectivity index (χ2n) is 12.2. The van der Waals surface area contributed by atoms with Crippen LogP contribution in [0.4, 0.5) is 0 Å². The molecule has 1 aromatic carbocycles. The zero-order chi connectivity index (χ0) is 23.6. The molecule has 0 N–H and O–H groups in total. The Labute approximate surface area is 193 Å². The third-order valence-corrected chi connectivity index (χ3v) is 7.12. The molecular formula is C27H47O3P. The van der Waals surface area contributed by atoms with Crippen molar-refractivity contribution in [2.75, 3.05) is 13.2 Å². The van der Waals surface area contributed by atoms with Crippen LogP contribution in [0.5, 0.6) is 5.75 Å². The van der Waals surface area contributed by atoms with Crippen LogP contribution >= 0.6 is 8.60 Å². The van der Waals surface area contributed by atoms with Crippen LogP contribution in [-0.2, 0) is 31.7 Å². The minimum Gasteiger partial charge on any atom is -0.426 e. The van der Waals surface area contributed by atoms with Crippen LogP contribution in [-0.4, -0.2) is 13.2 Å². The molecule has 0 radical (unpaired) electrons. The largest absolute Gasteiger partial charge is 0.426 e. The number of hydrogen-bond acceptors (Lipinski definition) is 3. The molecule has 4 heteroatoms. The molecule has 1 saturated heterocycles. The van der Waals surface area contributed by atoms with Crippen LogP contribution in [0.1, 0.15) is 118 Å². The van der Waals surface area contributed by atoms with Gasteiger partial charge in [0.05, 0.1) is 13.2 Å². The zero-order valence-corrected chi connectivity index (χ0v) is 23.0. The van der Waals surface area contributed by atoms with E-state index in [1.807, 2.05) is 0 Å². The van der Waals surface area contributed by atoms with Crippen molar-refractivity contribution in [3.05, 3.63) is 28.3 Å². The fourth-order valence-corrected chi connectivity index (χ4v) is 5.57. The highest BCUT2D eigenvalue weighted by Gasteiger charge is 2.36. The van der Waals surface area contributed by atoms with Crippen molar-refractivity contribution in [1.82, 2.24) is 0 Å². The van der Waals surface area contributed by atoms with Crippen LogP contribution in [0.2, 0.25) is 0 Å². The van der Waals surface area contributed by atoms with Crippen LogP contribution < -0.4 is 4.52 Å². The molecule has 0 unspecified atom stereocenters. The van der Waals surface area contributed by atoms with E-state index in [9.17, 15) is 0 Å². The SMILES string of the molecule is CCCCC1COP(Oc2c(C(C)(C)C)cc(C(C)(C)C)c(CC)c2C(C)(C)C)OC1. The Bertz CT molecular complexity index is 727. The molecule has 0 spiro atoms. The predicted octanol–water partition coefficient (Wildman–Crippen LogP) is 8.60. The summed E-state index contributed by atoms with van der Waals surface area (Å²) < 4.78 is 18.9. The highest BCUT2D eigenvalue weighted by Crippen LogP contribution is 2.52. The van der Waals surface area contributed by atoms with E-state index in [1.165, 1.54) is 41.5 Å². The Balaban J connectivity index is 2.55. The molecule has 0 saturated carbocycles. The maximum Gasteiger partial charge on any atom is 0.397 e. The van der Waals surface area contributed by atoms with Gasteiger partial charge in [-0.15, -0.1) is 0 Å². The number of rotatable bonds is 6. The third-order valence-electron chi connectivity index (χ3n) is 6.07. The summed E-state index contributed by atoms with van der Waals surface area (Å²) in [7, 11) is -1.37. The molecule has 0 bridgehead atoms. The van der Waals surface area contributed by atoms with Crippen molar-refractivity contribution < 1.29 is 13.6 Å². The Kier molecular flexibility index (Phi) is 8.68. The lowest BCUT2D eigenvalue weighted by Crippen LogP contribution is -2.27. The maximum atomic E-state index is 6.65. The van der Waals surface area contributed by atoms with Crippen LogP contribution in [0.25, 0.3) is 0 Å². The highest BCUT2D eigenvalue weighted by molar-refractivity contribution is 7.42. The summed E-state index contributed by atoms with van der Waals surface area (Å²) in [5.74, 6) is 1.48. The van der Waals surface area contributed by atoms with E-state index in [2.05, 4.69) is 82.2 Å². The Morgan fingerprint density at radius 2 is 1.42 bits per heavy atom. The molecule has 1 aromatic rings. The van der Waals surface area contributed by atoms with Crippen molar-refractivity contribution in [1.29, 1.82) is 0 Å². The molecule has 1 aliphatic heterocycles. The topological polar surface area (TPSA) is 27.7 Å². The number of benzene rings is 1. The first-order valence-corrected chi connectivity index (χ1v) is 13.2. The van der Waals surface area contributed by atoms with Crippen molar-refractivity contribution in [3.8, 4) is 5.75 Å². The van der Waals surface area contributed by atoms with Crippen LogP contribution in [0.3, 0.4) is 0 Å². The Morgan fingerprint density at radius 1 is 0.871 bits per heavy atom. The van der Waals surface area contributed by atoms with E-state index in [0.29, 0.717) is 5.92 Å². The Hall–Kier alpha value is -0.630. The van der Waals surface area contributed by atoms with E-state index in [0.717, 1.165) is 25.4 Å². The van der Waals surface area contributed by atoms with Gasteiger partial charge in [-0.2, -0.15) is 0 Å². The molecule has 31 heavy (non-hydrogen) atoms. The van der Waals surface area contributed by atoms with E-state index < -0.39 is 8.60 Å².